The fourth-order valence-corrected chi connectivity index (χ4v) is 2.25. The summed E-state index contributed by atoms with van der Waals surface area (Å²) in [5.74, 6) is 1.77. The van der Waals surface area contributed by atoms with E-state index in [0.29, 0.717) is 12.2 Å². The molecule has 0 bridgehead atoms. The highest BCUT2D eigenvalue weighted by atomic mass is 16.5. The summed E-state index contributed by atoms with van der Waals surface area (Å²) in [4.78, 5) is 0. The average Bonchev–Trinajstić information content (AvgIpc) is 2.01. The summed E-state index contributed by atoms with van der Waals surface area (Å²) >= 11 is 0. The van der Waals surface area contributed by atoms with Crippen molar-refractivity contribution in [2.75, 3.05) is 0 Å². The molecule has 0 aromatic heterocycles. The molecule has 0 amide bonds. The molecule has 1 nitrogen and oxygen atoms in total. The highest BCUT2D eigenvalue weighted by molar-refractivity contribution is 4.76. The van der Waals surface area contributed by atoms with Crippen LogP contribution in [0.2, 0.25) is 0 Å². The zero-order valence-corrected chi connectivity index (χ0v) is 8.84. The highest BCUT2D eigenvalue weighted by Crippen LogP contribution is 2.31. The van der Waals surface area contributed by atoms with Gasteiger partial charge in [0.15, 0.2) is 0 Å². The third-order valence-electron chi connectivity index (χ3n) is 3.18. The second-order valence-corrected chi connectivity index (χ2v) is 4.37. The van der Waals surface area contributed by atoms with Crippen molar-refractivity contribution in [3.05, 3.63) is 0 Å². The Bertz CT molecular complexity index is 123. The second-order valence-electron chi connectivity index (χ2n) is 4.37. The number of rotatable bonds is 2. The van der Waals surface area contributed by atoms with Crippen molar-refractivity contribution in [2.45, 2.75) is 59.2 Å². The Morgan fingerprint density at radius 2 is 1.75 bits per heavy atom. The van der Waals surface area contributed by atoms with Gasteiger partial charge in [-0.25, -0.2) is 0 Å². The van der Waals surface area contributed by atoms with Crippen molar-refractivity contribution in [3.8, 4) is 0 Å². The minimum absolute atomic E-state index is 0.479. The Hall–Kier alpha value is -0.0400. The summed E-state index contributed by atoms with van der Waals surface area (Å²) in [6.45, 7) is 9.06. The maximum atomic E-state index is 5.71. The lowest BCUT2D eigenvalue weighted by Gasteiger charge is -2.35. The molecule has 1 rings (SSSR count). The van der Waals surface area contributed by atoms with Gasteiger partial charge in [0, 0.05) is 0 Å². The van der Waals surface area contributed by atoms with Crippen LogP contribution in [0.1, 0.15) is 47.0 Å². The fourth-order valence-electron chi connectivity index (χ4n) is 2.25. The first kappa shape index (κ1) is 10.0. The Morgan fingerprint density at radius 3 is 2.17 bits per heavy atom. The van der Waals surface area contributed by atoms with E-state index in [4.69, 9.17) is 4.74 Å². The van der Waals surface area contributed by atoms with E-state index in [9.17, 15) is 0 Å². The lowest BCUT2D eigenvalue weighted by Crippen LogP contribution is -2.32. The first-order valence-electron chi connectivity index (χ1n) is 5.29. The van der Waals surface area contributed by atoms with Gasteiger partial charge in [0.25, 0.3) is 0 Å². The second kappa shape index (κ2) is 4.27. The zero-order valence-electron chi connectivity index (χ0n) is 8.84. The minimum atomic E-state index is 0.479. The van der Waals surface area contributed by atoms with Crippen LogP contribution in [0.15, 0.2) is 0 Å². The van der Waals surface area contributed by atoms with Gasteiger partial charge in [-0.1, -0.05) is 20.3 Å². The first-order chi connectivity index (χ1) is 5.63. The van der Waals surface area contributed by atoms with Gasteiger partial charge in [0.05, 0.1) is 12.2 Å². The predicted molar refractivity (Wildman–Crippen MR) is 52.2 cm³/mol. The van der Waals surface area contributed by atoms with Crippen LogP contribution in [-0.4, -0.2) is 12.2 Å². The van der Waals surface area contributed by atoms with Gasteiger partial charge in [0.1, 0.15) is 0 Å². The molecule has 0 N–H and O–H groups in total. The van der Waals surface area contributed by atoms with Crippen molar-refractivity contribution in [1.82, 2.24) is 0 Å². The molecule has 1 heteroatoms. The monoisotopic (exact) mass is 170 g/mol. The van der Waals surface area contributed by atoms with Crippen LogP contribution in [0.4, 0.5) is 0 Å². The summed E-state index contributed by atoms with van der Waals surface area (Å²) in [7, 11) is 0. The van der Waals surface area contributed by atoms with Gasteiger partial charge < -0.3 is 4.74 Å². The Balaban J connectivity index is 2.43. The molecule has 1 saturated heterocycles. The summed E-state index contributed by atoms with van der Waals surface area (Å²) in [5, 5.41) is 0. The molecule has 1 aliphatic heterocycles. The molecule has 0 aromatic carbocycles. The lowest BCUT2D eigenvalue weighted by atomic mass is 9.82. The maximum Gasteiger partial charge on any atom is 0.0553 e. The highest BCUT2D eigenvalue weighted by Gasteiger charge is 2.27. The van der Waals surface area contributed by atoms with E-state index in [1.807, 2.05) is 0 Å². The van der Waals surface area contributed by atoms with Crippen LogP contribution in [0.25, 0.3) is 0 Å². The van der Waals surface area contributed by atoms with Crippen molar-refractivity contribution in [3.63, 3.8) is 0 Å². The smallest absolute Gasteiger partial charge is 0.0553 e. The molecule has 3 atom stereocenters. The molecular formula is C11H22O. The van der Waals surface area contributed by atoms with E-state index in [1.165, 1.54) is 19.3 Å². The molecule has 0 saturated carbocycles. The van der Waals surface area contributed by atoms with Crippen LogP contribution in [0.3, 0.4) is 0 Å². The quantitative estimate of drug-likeness (QED) is 0.618. The molecule has 1 fully saturated rings. The summed E-state index contributed by atoms with van der Waals surface area (Å²) in [6.07, 6.45) is 4.79. The molecule has 0 radical (unpaired) electrons. The Morgan fingerprint density at radius 1 is 1.25 bits per heavy atom. The molecule has 0 spiro atoms. The van der Waals surface area contributed by atoms with Gasteiger partial charge in [-0.3, -0.25) is 0 Å². The van der Waals surface area contributed by atoms with E-state index in [0.717, 1.165) is 11.8 Å². The van der Waals surface area contributed by atoms with Gasteiger partial charge in [0.2, 0.25) is 0 Å². The largest absolute Gasteiger partial charge is 0.376 e. The maximum absolute atomic E-state index is 5.71. The van der Waals surface area contributed by atoms with Gasteiger partial charge in [-0.2, -0.15) is 0 Å². The van der Waals surface area contributed by atoms with Crippen LogP contribution in [0, 0.1) is 11.8 Å². The number of hydrogen-bond donors (Lipinski definition) is 0. The van der Waals surface area contributed by atoms with E-state index < -0.39 is 0 Å². The topological polar surface area (TPSA) is 9.23 Å². The van der Waals surface area contributed by atoms with Crippen LogP contribution < -0.4 is 0 Å². The van der Waals surface area contributed by atoms with E-state index in [1.54, 1.807) is 0 Å². The molecular weight excluding hydrogens is 148 g/mol. The molecule has 72 valence electrons. The summed E-state index contributed by atoms with van der Waals surface area (Å²) in [5.41, 5.74) is 0. The fraction of sp³-hybridized carbons (Fsp3) is 1.00. The first-order valence-corrected chi connectivity index (χ1v) is 5.29. The van der Waals surface area contributed by atoms with Crippen LogP contribution in [0.5, 0.6) is 0 Å². The minimum Gasteiger partial charge on any atom is -0.376 e. The SMILES string of the molecule is CCC(C)C1C[C@@H](C)O[C@H](C)C1. The Labute approximate surface area is 76.5 Å². The molecule has 12 heavy (non-hydrogen) atoms. The van der Waals surface area contributed by atoms with Crippen molar-refractivity contribution in [2.24, 2.45) is 11.8 Å². The standard InChI is InChI=1S/C11H22O/c1-5-8(2)11-6-9(3)12-10(4)7-11/h8-11H,5-7H2,1-4H3/t8?,9-,10-/m1/s1. The van der Waals surface area contributed by atoms with E-state index >= 15 is 0 Å². The summed E-state index contributed by atoms with van der Waals surface area (Å²) in [6, 6.07) is 0. The van der Waals surface area contributed by atoms with Gasteiger partial charge in [-0.15, -0.1) is 0 Å². The Kier molecular flexibility index (Phi) is 3.57. The number of hydrogen-bond acceptors (Lipinski definition) is 1. The van der Waals surface area contributed by atoms with Gasteiger partial charge in [-0.05, 0) is 38.5 Å². The molecule has 1 aliphatic rings. The van der Waals surface area contributed by atoms with E-state index in [-0.39, 0.29) is 0 Å². The van der Waals surface area contributed by atoms with Gasteiger partial charge >= 0.3 is 0 Å². The lowest BCUT2D eigenvalue weighted by molar-refractivity contribution is -0.0622. The van der Waals surface area contributed by atoms with Crippen molar-refractivity contribution < 1.29 is 4.74 Å². The van der Waals surface area contributed by atoms with Crippen molar-refractivity contribution >= 4 is 0 Å². The molecule has 1 unspecified atom stereocenters. The zero-order chi connectivity index (χ0) is 9.14. The van der Waals surface area contributed by atoms with E-state index in [2.05, 4.69) is 27.7 Å². The average molecular weight is 170 g/mol. The summed E-state index contributed by atoms with van der Waals surface area (Å²) < 4.78 is 5.71. The molecule has 0 aliphatic carbocycles. The molecule has 0 aromatic rings. The molecule has 1 heterocycles. The third kappa shape index (κ3) is 2.48. The number of ether oxygens (including phenoxy) is 1. The normalized spacial score (nSPS) is 39.5. The van der Waals surface area contributed by atoms with Crippen LogP contribution in [-0.2, 0) is 4.74 Å². The third-order valence-corrected chi connectivity index (χ3v) is 3.18. The van der Waals surface area contributed by atoms with Crippen LogP contribution >= 0.6 is 0 Å². The van der Waals surface area contributed by atoms with Crippen molar-refractivity contribution in [1.29, 1.82) is 0 Å². The predicted octanol–water partition coefficient (Wildman–Crippen LogP) is 3.24.